The standard InChI is InChI=1S/C29H26FN9S/c1-2-40-38-17-29(18-38)15-37(16-29)14-19-5-8-21(9-6-19)39-27(22-4-3-11-32-25(22)31)36-26-28(39)35-24(13-34-26)23-10-7-20(30)12-33-23/h2-13H,1,14-18H2,(H2,31,32). The van der Waals surface area contributed by atoms with Gasteiger partial charge in [-0.15, -0.1) is 0 Å². The Morgan fingerprint density at radius 3 is 2.50 bits per heavy atom. The maximum Gasteiger partial charge on any atom is 0.198 e. The van der Waals surface area contributed by atoms with Gasteiger partial charge in [-0.25, -0.2) is 28.6 Å². The van der Waals surface area contributed by atoms with Gasteiger partial charge in [-0.3, -0.25) is 14.5 Å². The lowest BCUT2D eigenvalue weighted by Gasteiger charge is -2.59. The summed E-state index contributed by atoms with van der Waals surface area (Å²) in [5, 5.41) is 1.90. The van der Waals surface area contributed by atoms with E-state index in [0.29, 0.717) is 45.3 Å². The molecule has 40 heavy (non-hydrogen) atoms. The van der Waals surface area contributed by atoms with E-state index in [1.54, 1.807) is 30.4 Å². The van der Waals surface area contributed by atoms with Gasteiger partial charge in [0.25, 0.3) is 0 Å². The van der Waals surface area contributed by atoms with Crippen molar-refractivity contribution in [2.24, 2.45) is 5.41 Å². The Balaban J connectivity index is 1.21. The lowest BCUT2D eigenvalue weighted by Crippen LogP contribution is -2.69. The third-order valence-corrected chi connectivity index (χ3v) is 8.11. The van der Waals surface area contributed by atoms with Gasteiger partial charge < -0.3 is 5.73 Å². The van der Waals surface area contributed by atoms with Crippen LogP contribution in [-0.2, 0) is 6.54 Å². The molecular formula is C29H26FN9S. The van der Waals surface area contributed by atoms with Crippen LogP contribution >= 0.6 is 11.9 Å². The van der Waals surface area contributed by atoms with E-state index in [4.69, 9.17) is 15.7 Å². The molecule has 2 aliphatic rings. The number of nitrogens with two attached hydrogens (primary N) is 1. The number of likely N-dealkylation sites (tertiary alicyclic amines) is 1. The third kappa shape index (κ3) is 4.41. The molecule has 0 amide bonds. The second-order valence-corrected chi connectivity index (χ2v) is 11.4. The first kappa shape index (κ1) is 24.8. The molecule has 0 bridgehead atoms. The molecule has 0 aliphatic carbocycles. The van der Waals surface area contributed by atoms with Crippen LogP contribution < -0.4 is 5.73 Å². The van der Waals surface area contributed by atoms with Crippen LogP contribution in [0.5, 0.6) is 0 Å². The molecule has 7 rings (SSSR count). The molecular weight excluding hydrogens is 525 g/mol. The van der Waals surface area contributed by atoms with Crippen LogP contribution in [0.25, 0.3) is 39.8 Å². The first-order chi connectivity index (χ1) is 19.5. The Morgan fingerprint density at radius 2 is 1.77 bits per heavy atom. The molecule has 5 aromatic rings. The van der Waals surface area contributed by atoms with Crippen LogP contribution in [0.4, 0.5) is 10.2 Å². The van der Waals surface area contributed by atoms with E-state index in [1.165, 1.54) is 17.8 Å². The van der Waals surface area contributed by atoms with Crippen molar-refractivity contribution in [3.63, 3.8) is 0 Å². The Labute approximate surface area is 234 Å². The molecule has 0 atom stereocenters. The van der Waals surface area contributed by atoms with Gasteiger partial charge in [0.05, 0.1) is 23.7 Å². The van der Waals surface area contributed by atoms with Crippen molar-refractivity contribution < 1.29 is 4.39 Å². The minimum Gasteiger partial charge on any atom is -0.383 e. The van der Waals surface area contributed by atoms with E-state index in [-0.39, 0.29) is 0 Å². The Hall–Kier alpha value is -4.19. The molecule has 2 fully saturated rings. The molecule has 2 saturated heterocycles. The average Bonchev–Trinajstić information content (AvgIpc) is 3.30. The normalized spacial score (nSPS) is 16.6. The molecule has 0 unspecified atom stereocenters. The van der Waals surface area contributed by atoms with E-state index in [2.05, 4.69) is 55.0 Å². The third-order valence-electron chi connectivity index (χ3n) is 7.41. The number of imidazole rings is 1. The molecule has 0 radical (unpaired) electrons. The highest BCUT2D eigenvalue weighted by molar-refractivity contribution is 7.99. The van der Waals surface area contributed by atoms with Gasteiger partial charge >= 0.3 is 0 Å². The molecule has 2 aliphatic heterocycles. The van der Waals surface area contributed by atoms with Crippen LogP contribution in [0.1, 0.15) is 5.56 Å². The van der Waals surface area contributed by atoms with Crippen molar-refractivity contribution in [1.29, 1.82) is 0 Å². The lowest BCUT2D eigenvalue weighted by atomic mass is 9.74. The van der Waals surface area contributed by atoms with Gasteiger partial charge in [-0.1, -0.05) is 30.7 Å². The SMILES string of the molecule is C=CSN1CC2(CN(Cc3ccc(-n4c(-c5cccnc5N)nc5ncc(-c6ccc(F)cn6)nc54)cc3)C2)C1. The number of nitrogens with zero attached hydrogens (tertiary/aromatic N) is 8. The van der Waals surface area contributed by atoms with Crippen molar-refractivity contribution >= 4 is 29.1 Å². The van der Waals surface area contributed by atoms with Gasteiger partial charge in [0.2, 0.25) is 0 Å². The van der Waals surface area contributed by atoms with Crippen LogP contribution in [0.3, 0.4) is 0 Å². The number of fused-ring (bicyclic) bond motifs is 1. The zero-order valence-electron chi connectivity index (χ0n) is 21.6. The van der Waals surface area contributed by atoms with E-state index in [1.807, 2.05) is 22.1 Å². The number of pyridine rings is 2. The van der Waals surface area contributed by atoms with Crippen molar-refractivity contribution in [2.75, 3.05) is 31.9 Å². The number of hydrogen-bond acceptors (Lipinski definition) is 9. The van der Waals surface area contributed by atoms with Crippen molar-refractivity contribution in [3.05, 3.63) is 90.5 Å². The largest absolute Gasteiger partial charge is 0.383 e. The average molecular weight is 552 g/mol. The predicted molar refractivity (Wildman–Crippen MR) is 155 cm³/mol. The first-order valence-corrected chi connectivity index (χ1v) is 13.8. The maximum absolute atomic E-state index is 13.5. The Bertz CT molecular complexity index is 1700. The number of halogens is 1. The van der Waals surface area contributed by atoms with Crippen molar-refractivity contribution in [1.82, 2.24) is 38.7 Å². The number of hydrogen-bond donors (Lipinski definition) is 1. The van der Waals surface area contributed by atoms with Crippen molar-refractivity contribution in [2.45, 2.75) is 6.54 Å². The summed E-state index contributed by atoms with van der Waals surface area (Å²) in [4.78, 5) is 25.1. The number of nitrogen functional groups attached to an aromatic ring is 1. The number of anilines is 1. The minimum atomic E-state index is -0.410. The number of benzene rings is 1. The summed E-state index contributed by atoms with van der Waals surface area (Å²) in [5.41, 5.74) is 11.5. The summed E-state index contributed by atoms with van der Waals surface area (Å²) in [6, 6.07) is 15.1. The fourth-order valence-electron chi connectivity index (χ4n) is 5.64. The zero-order valence-corrected chi connectivity index (χ0v) is 22.4. The van der Waals surface area contributed by atoms with Crippen LogP contribution in [-0.4, -0.2) is 64.9 Å². The highest BCUT2D eigenvalue weighted by atomic mass is 32.2. The summed E-state index contributed by atoms with van der Waals surface area (Å²) in [7, 11) is 0. The fourth-order valence-corrected chi connectivity index (χ4v) is 6.55. The molecule has 2 N–H and O–H groups in total. The van der Waals surface area contributed by atoms with E-state index in [9.17, 15) is 4.39 Å². The van der Waals surface area contributed by atoms with Crippen LogP contribution in [0.2, 0.25) is 0 Å². The molecule has 1 aromatic carbocycles. The molecule has 0 saturated carbocycles. The van der Waals surface area contributed by atoms with Gasteiger partial charge in [0.15, 0.2) is 17.1 Å². The van der Waals surface area contributed by atoms with Gasteiger partial charge in [0, 0.05) is 50.0 Å². The van der Waals surface area contributed by atoms with Gasteiger partial charge in [0.1, 0.15) is 17.3 Å². The molecule has 11 heteroatoms. The highest BCUT2D eigenvalue weighted by Crippen LogP contribution is 2.43. The fraction of sp³-hybridized carbons (Fsp3) is 0.207. The van der Waals surface area contributed by atoms with E-state index >= 15 is 0 Å². The first-order valence-electron chi connectivity index (χ1n) is 12.9. The lowest BCUT2D eigenvalue weighted by molar-refractivity contribution is -0.0808. The summed E-state index contributed by atoms with van der Waals surface area (Å²) < 4.78 is 17.8. The molecule has 9 nitrogen and oxygen atoms in total. The molecule has 6 heterocycles. The second-order valence-electron chi connectivity index (χ2n) is 10.4. The quantitative estimate of drug-likeness (QED) is 0.292. The molecule has 4 aromatic heterocycles. The summed E-state index contributed by atoms with van der Waals surface area (Å²) in [5.74, 6) is 0.546. The summed E-state index contributed by atoms with van der Waals surface area (Å²) in [6.45, 7) is 9.21. The minimum absolute atomic E-state index is 0.365. The smallest absolute Gasteiger partial charge is 0.198 e. The topological polar surface area (TPSA) is 102 Å². The molecule has 1 spiro atoms. The van der Waals surface area contributed by atoms with Crippen LogP contribution in [0, 0.1) is 11.2 Å². The van der Waals surface area contributed by atoms with Gasteiger partial charge in [-0.05, 0) is 47.4 Å². The van der Waals surface area contributed by atoms with E-state index in [0.717, 1.165) is 38.4 Å². The predicted octanol–water partition coefficient (Wildman–Crippen LogP) is 4.57. The maximum atomic E-state index is 13.5. The molecule has 200 valence electrons. The van der Waals surface area contributed by atoms with Crippen molar-refractivity contribution in [3.8, 4) is 28.5 Å². The van der Waals surface area contributed by atoms with E-state index < -0.39 is 5.82 Å². The second kappa shape index (κ2) is 9.77. The number of rotatable bonds is 7. The Morgan fingerprint density at radius 1 is 0.950 bits per heavy atom. The number of aromatic nitrogens is 6. The Kier molecular flexibility index (Phi) is 6.06. The monoisotopic (exact) mass is 551 g/mol. The highest BCUT2D eigenvalue weighted by Gasteiger charge is 2.51. The zero-order chi connectivity index (χ0) is 27.3. The van der Waals surface area contributed by atoms with Crippen LogP contribution in [0.15, 0.2) is 79.1 Å². The summed E-state index contributed by atoms with van der Waals surface area (Å²) in [6.07, 6.45) is 4.41. The van der Waals surface area contributed by atoms with Gasteiger partial charge in [-0.2, -0.15) is 0 Å². The summed E-state index contributed by atoms with van der Waals surface area (Å²) >= 11 is 1.71.